The van der Waals surface area contributed by atoms with Gasteiger partial charge in [0.2, 0.25) is 11.8 Å². The summed E-state index contributed by atoms with van der Waals surface area (Å²) in [4.78, 5) is 33.9. The van der Waals surface area contributed by atoms with Gasteiger partial charge in [-0.05, 0) is 12.3 Å². The molecule has 0 spiro atoms. The Morgan fingerprint density at radius 3 is 2.59 bits per heavy atom. The Kier molecular flexibility index (Phi) is 4.48. The number of carboxylic acids is 1. The minimum absolute atomic E-state index is 0.135. The van der Waals surface area contributed by atoms with Gasteiger partial charge in [-0.3, -0.25) is 9.59 Å². The van der Waals surface area contributed by atoms with Gasteiger partial charge in [-0.1, -0.05) is 13.8 Å². The Bertz CT molecular complexity index is 327. The topological polar surface area (TPSA) is 95.5 Å². The van der Waals surface area contributed by atoms with E-state index in [2.05, 4.69) is 10.6 Å². The lowest BCUT2D eigenvalue weighted by Gasteiger charge is -2.24. The lowest BCUT2D eigenvalue weighted by molar-refractivity contribution is -0.144. The number of rotatable bonds is 4. The molecule has 0 saturated carbocycles. The molecule has 0 aromatic heterocycles. The number of hydrogen-bond donors (Lipinski definition) is 3. The smallest absolute Gasteiger partial charge is 0.326 e. The zero-order valence-electron chi connectivity index (χ0n) is 10.0. The molecule has 1 aliphatic rings. The Morgan fingerprint density at radius 2 is 2.12 bits per heavy atom. The molecule has 0 radical (unpaired) electrons. The summed E-state index contributed by atoms with van der Waals surface area (Å²) in [5, 5.41) is 14.1. The maximum absolute atomic E-state index is 11.8. The van der Waals surface area contributed by atoms with Gasteiger partial charge < -0.3 is 15.7 Å². The molecule has 0 aromatic rings. The van der Waals surface area contributed by atoms with Crippen LogP contribution in [-0.4, -0.2) is 35.5 Å². The van der Waals surface area contributed by atoms with Crippen molar-refractivity contribution in [2.45, 2.75) is 32.7 Å². The quantitative estimate of drug-likeness (QED) is 0.632. The predicted molar refractivity (Wildman–Crippen MR) is 60.1 cm³/mol. The number of carbonyl (C=O) groups excluding carboxylic acids is 2. The Labute approximate surface area is 99.8 Å². The third-order valence-electron chi connectivity index (χ3n) is 2.85. The van der Waals surface area contributed by atoms with Crippen molar-refractivity contribution in [3.63, 3.8) is 0 Å². The highest BCUT2D eigenvalue weighted by Crippen LogP contribution is 2.13. The van der Waals surface area contributed by atoms with Crippen LogP contribution >= 0.6 is 0 Å². The van der Waals surface area contributed by atoms with Crippen LogP contribution in [0, 0.1) is 11.8 Å². The van der Waals surface area contributed by atoms with Crippen LogP contribution in [0.2, 0.25) is 0 Å². The molecule has 0 aliphatic carbocycles. The van der Waals surface area contributed by atoms with E-state index in [9.17, 15) is 14.4 Å². The first-order chi connectivity index (χ1) is 7.91. The summed E-state index contributed by atoms with van der Waals surface area (Å²) in [6.07, 6.45) is 0.693. The SMILES string of the molecule is CC(C)[C@@H](NC(=O)C1CCNC(=O)C1)C(=O)O. The van der Waals surface area contributed by atoms with Crippen molar-refractivity contribution < 1.29 is 19.5 Å². The van der Waals surface area contributed by atoms with Crippen molar-refractivity contribution in [1.29, 1.82) is 0 Å². The van der Waals surface area contributed by atoms with Gasteiger partial charge >= 0.3 is 5.97 Å². The number of piperidine rings is 1. The average molecular weight is 242 g/mol. The maximum Gasteiger partial charge on any atom is 0.326 e. The molecule has 1 heterocycles. The first-order valence-electron chi connectivity index (χ1n) is 5.71. The second kappa shape index (κ2) is 5.65. The lowest BCUT2D eigenvalue weighted by atomic mass is 9.95. The molecule has 17 heavy (non-hydrogen) atoms. The first kappa shape index (κ1) is 13.5. The Hall–Kier alpha value is -1.59. The number of nitrogens with one attached hydrogen (secondary N) is 2. The highest BCUT2D eigenvalue weighted by Gasteiger charge is 2.30. The van der Waals surface area contributed by atoms with Crippen molar-refractivity contribution >= 4 is 17.8 Å². The molecular weight excluding hydrogens is 224 g/mol. The third kappa shape index (κ3) is 3.72. The molecular formula is C11H18N2O4. The minimum atomic E-state index is -1.05. The molecule has 96 valence electrons. The van der Waals surface area contributed by atoms with E-state index in [1.165, 1.54) is 0 Å². The number of carboxylic acid groups (broad SMARTS) is 1. The summed E-state index contributed by atoms with van der Waals surface area (Å²) >= 11 is 0. The number of carbonyl (C=O) groups is 3. The Morgan fingerprint density at radius 1 is 1.47 bits per heavy atom. The molecule has 1 rings (SSSR count). The van der Waals surface area contributed by atoms with Crippen LogP contribution in [0.3, 0.4) is 0 Å². The normalized spacial score (nSPS) is 21.8. The van der Waals surface area contributed by atoms with Gasteiger partial charge in [-0.15, -0.1) is 0 Å². The van der Waals surface area contributed by atoms with Gasteiger partial charge in [0, 0.05) is 18.9 Å². The highest BCUT2D eigenvalue weighted by molar-refractivity contribution is 5.89. The second-order valence-electron chi connectivity index (χ2n) is 4.61. The van der Waals surface area contributed by atoms with E-state index in [4.69, 9.17) is 5.11 Å². The second-order valence-corrected chi connectivity index (χ2v) is 4.61. The molecule has 0 bridgehead atoms. The predicted octanol–water partition coefficient (Wildman–Crippen LogP) is -0.262. The summed E-state index contributed by atoms with van der Waals surface area (Å²) in [5.74, 6) is -2.15. The van der Waals surface area contributed by atoms with Crippen LogP contribution in [-0.2, 0) is 14.4 Å². The molecule has 6 nitrogen and oxygen atoms in total. The zero-order chi connectivity index (χ0) is 13.0. The van der Waals surface area contributed by atoms with E-state index in [1.807, 2.05) is 0 Å². The minimum Gasteiger partial charge on any atom is -0.480 e. The third-order valence-corrected chi connectivity index (χ3v) is 2.85. The van der Waals surface area contributed by atoms with Gasteiger partial charge in [-0.2, -0.15) is 0 Å². The van der Waals surface area contributed by atoms with Crippen LogP contribution in [0.4, 0.5) is 0 Å². The van der Waals surface area contributed by atoms with E-state index in [0.29, 0.717) is 13.0 Å². The molecule has 1 saturated heterocycles. The van der Waals surface area contributed by atoms with Gasteiger partial charge in [0.05, 0.1) is 0 Å². The first-order valence-corrected chi connectivity index (χ1v) is 5.71. The van der Waals surface area contributed by atoms with Gasteiger partial charge in [0.25, 0.3) is 0 Å². The molecule has 0 aromatic carbocycles. The summed E-state index contributed by atoms with van der Waals surface area (Å²) in [5.41, 5.74) is 0. The van der Waals surface area contributed by atoms with Crippen molar-refractivity contribution in [2.75, 3.05) is 6.54 Å². The molecule has 1 aliphatic heterocycles. The number of hydrogen-bond acceptors (Lipinski definition) is 3. The summed E-state index contributed by atoms with van der Waals surface area (Å²) in [6.45, 7) is 3.93. The molecule has 1 fully saturated rings. The largest absolute Gasteiger partial charge is 0.480 e. The molecule has 3 N–H and O–H groups in total. The highest BCUT2D eigenvalue weighted by atomic mass is 16.4. The van der Waals surface area contributed by atoms with Crippen LogP contribution in [0.1, 0.15) is 26.7 Å². The van der Waals surface area contributed by atoms with E-state index < -0.39 is 17.9 Å². The summed E-state index contributed by atoms with van der Waals surface area (Å²) in [6, 6.07) is -0.896. The fourth-order valence-corrected chi connectivity index (χ4v) is 1.79. The van der Waals surface area contributed by atoms with Gasteiger partial charge in [-0.25, -0.2) is 4.79 Å². The van der Waals surface area contributed by atoms with Crippen LogP contribution < -0.4 is 10.6 Å². The van der Waals surface area contributed by atoms with Crippen molar-refractivity contribution in [3.05, 3.63) is 0 Å². The molecule has 2 amide bonds. The molecule has 6 heteroatoms. The standard InChI is InChI=1S/C11H18N2O4/c1-6(2)9(11(16)17)13-10(15)7-3-4-12-8(14)5-7/h6-7,9H,3-5H2,1-2H3,(H,12,14)(H,13,15)(H,16,17)/t7?,9-/m1/s1. The number of aliphatic carboxylic acids is 1. The van der Waals surface area contributed by atoms with E-state index in [1.54, 1.807) is 13.8 Å². The van der Waals surface area contributed by atoms with Crippen molar-refractivity contribution in [2.24, 2.45) is 11.8 Å². The average Bonchev–Trinajstić information content (AvgIpc) is 2.24. The maximum atomic E-state index is 11.8. The Balaban J connectivity index is 2.57. The monoisotopic (exact) mass is 242 g/mol. The molecule has 2 atom stereocenters. The summed E-state index contributed by atoms with van der Waals surface area (Å²) in [7, 11) is 0. The molecule has 1 unspecified atom stereocenters. The van der Waals surface area contributed by atoms with Crippen molar-refractivity contribution in [3.8, 4) is 0 Å². The summed E-state index contributed by atoms with van der Waals surface area (Å²) < 4.78 is 0. The van der Waals surface area contributed by atoms with Crippen LogP contribution in [0.25, 0.3) is 0 Å². The van der Waals surface area contributed by atoms with Crippen LogP contribution in [0.5, 0.6) is 0 Å². The van der Waals surface area contributed by atoms with Crippen molar-refractivity contribution in [1.82, 2.24) is 10.6 Å². The van der Waals surface area contributed by atoms with Gasteiger partial charge in [0.15, 0.2) is 0 Å². The fraction of sp³-hybridized carbons (Fsp3) is 0.727. The van der Waals surface area contributed by atoms with E-state index >= 15 is 0 Å². The van der Waals surface area contributed by atoms with E-state index in [-0.39, 0.29) is 24.2 Å². The lowest BCUT2D eigenvalue weighted by Crippen LogP contribution is -2.49. The zero-order valence-corrected chi connectivity index (χ0v) is 10.0. The number of amides is 2. The fourth-order valence-electron chi connectivity index (χ4n) is 1.79. The van der Waals surface area contributed by atoms with E-state index in [0.717, 1.165) is 0 Å². The van der Waals surface area contributed by atoms with Crippen LogP contribution in [0.15, 0.2) is 0 Å². The van der Waals surface area contributed by atoms with Gasteiger partial charge in [0.1, 0.15) is 6.04 Å².